The predicted octanol–water partition coefficient (Wildman–Crippen LogP) is 36.5. The molecule has 24 aromatic carbocycles. The van der Waals surface area contributed by atoms with E-state index in [1.54, 1.807) is 58.3 Å². The highest BCUT2D eigenvalue weighted by Gasteiger charge is 2.24. The van der Waals surface area contributed by atoms with Crippen LogP contribution in [-0.2, 0) is 0 Å². The molecule has 0 saturated carbocycles. The summed E-state index contributed by atoms with van der Waals surface area (Å²) in [5.74, 6) is 0. The molecule has 27 aromatic rings. The molecule has 0 nitrogen and oxygen atoms in total. The van der Waals surface area contributed by atoms with Crippen molar-refractivity contribution >= 4 is 213 Å². The number of benzene rings is 24. The molecule has 580 valence electrons. The SMILES string of the molecule is [2H]c1c([2H])c([2H])c2c(-c3cccc4cc5c(cc34)sc3ccccc35)c3c([2H])c([2H])c([2H])c([2H])c3c(-c3ccc(-c4cccc5ccccc45)cc3)c2c1[2H].[2H]c1c([2H])c([2H])c2c(-c3cccc4cc5c(cc34)sc3ccccc35)c3c([2H])c([2H])c([2H])c([2H])c3c(-c3ccc4ccccc4c3)c2c1[2H].[2H]c1c([2H])c([2H])c2c(-c3cccc4cc5c(cc34)sc3ccccc35)c3c([2H])c([2H])c([2H])c([2H])c3c(-c3ccccc3)c2c1[2H]. The molecule has 3 heteroatoms. The molecule has 3 aromatic heterocycles. The first-order chi connectivity index (χ1) is 72.0. The fourth-order valence-electron chi connectivity index (χ4n) is 18.9. The number of thiophene rings is 3. The second kappa shape index (κ2) is 29.9. The molecule has 0 saturated heterocycles. The maximum atomic E-state index is 9.43. The van der Waals surface area contributed by atoms with Gasteiger partial charge in [-0.3, -0.25) is 0 Å². The van der Waals surface area contributed by atoms with Crippen molar-refractivity contribution in [2.24, 2.45) is 0 Å². The van der Waals surface area contributed by atoms with Gasteiger partial charge in [0.15, 0.2) is 0 Å². The lowest BCUT2D eigenvalue weighted by atomic mass is 9.84. The maximum Gasteiger partial charge on any atom is 0.0629 e. The van der Waals surface area contributed by atoms with E-state index in [1.807, 2.05) is 182 Å². The van der Waals surface area contributed by atoms with Crippen molar-refractivity contribution in [2.75, 3.05) is 0 Å². The molecule has 125 heavy (non-hydrogen) atoms. The molecule has 0 bridgehead atoms. The van der Waals surface area contributed by atoms with Gasteiger partial charge in [0.05, 0.1) is 32.9 Å². The first-order valence-electron chi connectivity index (χ1n) is 53.0. The van der Waals surface area contributed by atoms with Gasteiger partial charge in [0.1, 0.15) is 0 Å². The average Bonchev–Trinajstić information content (AvgIpc) is 0.966. The van der Waals surface area contributed by atoms with E-state index in [1.165, 1.54) is 0 Å². The lowest BCUT2D eigenvalue weighted by Crippen LogP contribution is -1.91. The number of hydrogen-bond donors (Lipinski definition) is 0. The van der Waals surface area contributed by atoms with Crippen molar-refractivity contribution in [1.29, 1.82) is 0 Å². The third-order valence-electron chi connectivity index (χ3n) is 24.4. The molecule has 0 N–H and O–H groups in total. The van der Waals surface area contributed by atoms with Gasteiger partial charge in [-0.15, -0.1) is 34.0 Å². The van der Waals surface area contributed by atoms with E-state index in [2.05, 4.69) is 97.1 Å². The molecule has 0 amide bonds. The minimum atomic E-state index is -0.415. The van der Waals surface area contributed by atoms with Crippen molar-refractivity contribution in [2.45, 2.75) is 0 Å². The smallest absolute Gasteiger partial charge is 0.0629 e. The van der Waals surface area contributed by atoms with Crippen LogP contribution < -0.4 is 0 Å². The van der Waals surface area contributed by atoms with E-state index >= 15 is 0 Å². The van der Waals surface area contributed by atoms with Gasteiger partial charge in [0.2, 0.25) is 0 Å². The first-order valence-corrected chi connectivity index (χ1v) is 43.5. The minimum absolute atomic E-state index is 0.205. The largest absolute Gasteiger partial charge is 0.135 e. The van der Waals surface area contributed by atoms with Crippen molar-refractivity contribution in [3.8, 4) is 77.9 Å². The number of hydrogen-bond acceptors (Lipinski definition) is 3. The van der Waals surface area contributed by atoms with E-state index in [4.69, 9.17) is 19.2 Å². The van der Waals surface area contributed by atoms with Crippen molar-refractivity contribution in [3.63, 3.8) is 0 Å². The van der Waals surface area contributed by atoms with E-state index in [9.17, 15) is 13.7 Å². The standard InChI is InChI=1S/C46H28S.C40H24S.C36H22S/c1-2-14-33-29(11-1)12-9-20-34(33)30-23-25-31(26-24-30)45-36-16-3-5-18-38(36)46(39-19-6-4-17-37(39)45)40-21-10-13-32-27-42-35-15-7-8-22-43(35)47-44(42)28-41(32)40;1-2-11-26-22-28(21-20-25(26)10-1)39-30-14-3-5-16-32(30)40(33-17-6-4-15-31(33)39)34-18-9-12-27-23-36-29-13-7-8-19-37(29)41-38(36)24-35(27)34;1-2-11-23(12-3-1)35-26-15-4-6-17-28(26)36(29-18-7-5-16-27(29)35)30-19-10-13-24-21-32-25-14-8-9-20-33(25)37-34(32)22-31(24)30/h1-28H;1-24H;1-22H/i3D,4D,5D,6D,16D,17D,18D,19D;3D,4D,5D,6D,14D,15D,16D,17D;4D,5D,6D,7D,15D,16D,17D,18D. The maximum absolute atomic E-state index is 9.43. The van der Waals surface area contributed by atoms with Crippen LogP contribution in [0.3, 0.4) is 0 Å². The first kappa shape index (κ1) is 52.2. The summed E-state index contributed by atoms with van der Waals surface area (Å²) in [7, 11) is 0. The lowest BCUT2D eigenvalue weighted by Gasteiger charge is -2.19. The average molecular weight is 1660 g/mol. The summed E-state index contributed by atoms with van der Waals surface area (Å²) in [4.78, 5) is 0. The summed E-state index contributed by atoms with van der Waals surface area (Å²) in [5, 5.41) is 18.6. The molecule has 0 fully saturated rings. The highest BCUT2D eigenvalue weighted by atomic mass is 32.1. The van der Waals surface area contributed by atoms with Crippen LogP contribution in [0, 0.1) is 0 Å². The van der Waals surface area contributed by atoms with Gasteiger partial charge in [-0.2, -0.15) is 0 Å². The summed E-state index contributed by atoms with van der Waals surface area (Å²) >= 11 is 4.99. The highest BCUT2D eigenvalue weighted by molar-refractivity contribution is 7.26. The number of rotatable bonds is 7. The molecule has 27 rings (SSSR count). The predicted molar refractivity (Wildman–Crippen MR) is 549 cm³/mol. The van der Waals surface area contributed by atoms with Gasteiger partial charge in [0.25, 0.3) is 0 Å². The van der Waals surface area contributed by atoms with Crippen LogP contribution in [0.2, 0.25) is 0 Å². The summed E-state index contributed by atoms with van der Waals surface area (Å²) < 4.78 is 223. The van der Waals surface area contributed by atoms with Gasteiger partial charge in [-0.1, -0.05) is 388 Å². The lowest BCUT2D eigenvalue weighted by molar-refractivity contribution is 1.63. The van der Waals surface area contributed by atoms with E-state index in [0.717, 1.165) is 126 Å². The zero-order valence-electron chi connectivity index (χ0n) is 90.1. The topological polar surface area (TPSA) is 0 Å². The second-order valence-electron chi connectivity index (χ2n) is 31.2. The van der Waals surface area contributed by atoms with Crippen LogP contribution in [0.1, 0.15) is 32.9 Å². The van der Waals surface area contributed by atoms with Crippen LogP contribution in [0.5, 0.6) is 0 Å². The van der Waals surface area contributed by atoms with E-state index < -0.39 is 72.5 Å². The van der Waals surface area contributed by atoms with Gasteiger partial charge >= 0.3 is 0 Å². The van der Waals surface area contributed by atoms with Crippen LogP contribution >= 0.6 is 34.0 Å². The van der Waals surface area contributed by atoms with Crippen LogP contribution in [-0.4, -0.2) is 0 Å². The Morgan fingerprint density at radius 2 is 0.408 bits per heavy atom. The molecular formula is C122H74S3. The molecular weight excluding hydrogens is 1560 g/mol. The highest BCUT2D eigenvalue weighted by Crippen LogP contribution is 2.52. The van der Waals surface area contributed by atoms with Crippen molar-refractivity contribution in [1.82, 2.24) is 0 Å². The van der Waals surface area contributed by atoms with Crippen LogP contribution in [0.25, 0.3) is 257 Å². The molecule has 3 heterocycles. The Balaban J connectivity index is 0.000000116. The normalized spacial score (nSPS) is 14.5. The second-order valence-corrected chi connectivity index (χ2v) is 34.5. The monoisotopic (exact) mass is 1660 g/mol. The Kier molecular flexibility index (Phi) is 12.5. The zero-order chi connectivity index (χ0) is 103. The van der Waals surface area contributed by atoms with Crippen LogP contribution in [0.4, 0.5) is 0 Å². The fraction of sp³-hybridized carbons (Fsp3) is 0. The summed E-state index contributed by atoms with van der Waals surface area (Å²) in [5.41, 5.74) is 7.76. The summed E-state index contributed by atoms with van der Waals surface area (Å²) in [6, 6.07) is 91.1. The molecule has 0 radical (unpaired) electrons. The Morgan fingerprint density at radius 3 is 0.792 bits per heavy atom. The molecule has 0 spiro atoms. The van der Waals surface area contributed by atoms with Gasteiger partial charge in [-0.25, -0.2) is 0 Å². The quantitative estimate of drug-likeness (QED) is 0.140. The Morgan fingerprint density at radius 1 is 0.136 bits per heavy atom. The van der Waals surface area contributed by atoms with Gasteiger partial charge < -0.3 is 0 Å². The van der Waals surface area contributed by atoms with Crippen molar-refractivity contribution < 1.29 is 32.9 Å². The minimum Gasteiger partial charge on any atom is -0.135 e. The summed E-state index contributed by atoms with van der Waals surface area (Å²) in [6.07, 6.45) is 0. The van der Waals surface area contributed by atoms with E-state index in [-0.39, 0.29) is 137 Å². The van der Waals surface area contributed by atoms with E-state index in [0.29, 0.717) is 66.8 Å². The molecule has 0 aliphatic rings. The molecule has 0 atom stereocenters. The fourth-order valence-corrected chi connectivity index (χ4v) is 22.3. The number of fused-ring (bicyclic) bond motifs is 20. The molecule has 0 aliphatic heterocycles. The Bertz CT molecular complexity index is 10400. The van der Waals surface area contributed by atoms with Gasteiger partial charge in [0, 0.05) is 60.5 Å². The molecule has 0 aliphatic carbocycles. The third-order valence-corrected chi connectivity index (χ3v) is 27.8. The Labute approximate surface area is 767 Å². The Hall–Kier alpha value is -15.2. The van der Waals surface area contributed by atoms with Gasteiger partial charge in [-0.05, 0) is 257 Å². The zero-order valence-corrected chi connectivity index (χ0v) is 68.5. The molecule has 0 unspecified atom stereocenters. The van der Waals surface area contributed by atoms with Crippen molar-refractivity contribution in [3.05, 3.63) is 448 Å². The van der Waals surface area contributed by atoms with Crippen LogP contribution in [0.15, 0.2) is 448 Å². The summed E-state index contributed by atoms with van der Waals surface area (Å²) in [6.45, 7) is 0. The third kappa shape index (κ3) is 12.1.